The number of hydrogen-bond donors (Lipinski definition) is 0. The van der Waals surface area contributed by atoms with E-state index in [9.17, 15) is 4.57 Å². The van der Waals surface area contributed by atoms with Gasteiger partial charge in [0.2, 0.25) is 0 Å². The minimum atomic E-state index is -3.59. The molecule has 0 aromatic heterocycles. The zero-order valence-electron chi connectivity index (χ0n) is 14.5. The second-order valence-electron chi connectivity index (χ2n) is 5.46. The van der Waals surface area contributed by atoms with Gasteiger partial charge in [-0.2, -0.15) is 0 Å². The average Bonchev–Trinajstić information content (AvgIpc) is 2.39. The van der Waals surface area contributed by atoms with E-state index in [2.05, 4.69) is 25.7 Å². The van der Waals surface area contributed by atoms with Crippen molar-refractivity contribution in [2.75, 3.05) is 0 Å². The maximum absolute atomic E-state index is 12.6. The highest BCUT2D eigenvalue weighted by Crippen LogP contribution is 2.53. The zero-order chi connectivity index (χ0) is 17.0. The zero-order valence-corrected chi connectivity index (χ0v) is 15.4. The van der Waals surface area contributed by atoms with E-state index >= 15 is 0 Å². The quantitative estimate of drug-likeness (QED) is 0.334. The maximum atomic E-state index is 12.6. The molecule has 5 heteroatoms. The molecule has 0 fully saturated rings. The van der Waals surface area contributed by atoms with Crippen molar-refractivity contribution in [1.29, 1.82) is 0 Å². The molecular weight excluding hydrogens is 299 g/mol. The van der Waals surface area contributed by atoms with Crippen LogP contribution in [0.1, 0.15) is 53.9 Å². The van der Waals surface area contributed by atoms with Gasteiger partial charge in [-0.1, -0.05) is 37.3 Å². The molecular formula is C17H31O4P. The van der Waals surface area contributed by atoms with E-state index in [1.165, 1.54) is 0 Å². The summed E-state index contributed by atoms with van der Waals surface area (Å²) in [4.78, 5) is 0. The van der Waals surface area contributed by atoms with E-state index in [0.717, 1.165) is 12.8 Å². The lowest BCUT2D eigenvalue weighted by Gasteiger charge is -2.24. The van der Waals surface area contributed by atoms with Crippen molar-refractivity contribution in [2.24, 2.45) is 0 Å². The van der Waals surface area contributed by atoms with E-state index in [0.29, 0.717) is 6.42 Å². The Kier molecular flexibility index (Phi) is 11.5. The lowest BCUT2D eigenvalue weighted by molar-refractivity contribution is 0.0589. The summed E-state index contributed by atoms with van der Waals surface area (Å²) < 4.78 is 28.9. The summed E-state index contributed by atoms with van der Waals surface area (Å²) in [7, 11) is -3.59. The Labute approximate surface area is 135 Å². The molecule has 0 aliphatic carbocycles. The Balaban J connectivity index is 4.60. The second-order valence-corrected chi connectivity index (χ2v) is 6.98. The van der Waals surface area contributed by atoms with E-state index < -0.39 is 13.9 Å². The van der Waals surface area contributed by atoms with Crippen LogP contribution in [0.5, 0.6) is 0 Å². The van der Waals surface area contributed by atoms with Crippen LogP contribution in [0.2, 0.25) is 0 Å². The lowest BCUT2D eigenvalue weighted by Crippen LogP contribution is -2.15. The molecule has 1 atom stereocenters. The Morgan fingerprint density at radius 2 is 1.50 bits per heavy atom. The Bertz CT molecular complexity index is 385. The monoisotopic (exact) mass is 330 g/mol. The van der Waals surface area contributed by atoms with Crippen LogP contribution >= 0.6 is 7.82 Å². The van der Waals surface area contributed by atoms with Gasteiger partial charge in [-0.3, -0.25) is 13.6 Å². The van der Waals surface area contributed by atoms with Crippen LogP contribution in [-0.2, 0) is 18.1 Å². The van der Waals surface area contributed by atoms with Gasteiger partial charge in [-0.25, -0.2) is 4.57 Å². The van der Waals surface area contributed by atoms with Gasteiger partial charge in [0.25, 0.3) is 0 Å². The van der Waals surface area contributed by atoms with E-state index in [1.807, 2.05) is 12.2 Å². The van der Waals surface area contributed by atoms with Crippen molar-refractivity contribution < 1.29 is 18.1 Å². The Morgan fingerprint density at radius 1 is 0.955 bits per heavy atom. The van der Waals surface area contributed by atoms with Gasteiger partial charge in [0.05, 0.1) is 18.3 Å². The summed E-state index contributed by atoms with van der Waals surface area (Å²) >= 11 is 0. The van der Waals surface area contributed by atoms with Gasteiger partial charge in [-0.05, 0) is 47.0 Å². The average molecular weight is 330 g/mol. The van der Waals surface area contributed by atoms with Gasteiger partial charge in [0.1, 0.15) is 0 Å². The predicted octanol–water partition coefficient (Wildman–Crippen LogP) is 5.82. The van der Waals surface area contributed by atoms with Crippen LogP contribution in [0.4, 0.5) is 0 Å². The van der Waals surface area contributed by atoms with Crippen molar-refractivity contribution >= 4 is 7.82 Å². The highest BCUT2D eigenvalue weighted by Gasteiger charge is 2.32. The fourth-order valence-electron chi connectivity index (χ4n) is 1.61. The van der Waals surface area contributed by atoms with Gasteiger partial charge in [0, 0.05) is 0 Å². The summed E-state index contributed by atoms with van der Waals surface area (Å²) in [5, 5.41) is 0. The van der Waals surface area contributed by atoms with Crippen LogP contribution in [0.3, 0.4) is 0 Å². The molecule has 0 saturated heterocycles. The summed E-state index contributed by atoms with van der Waals surface area (Å²) in [6.45, 7) is 13.0. The summed E-state index contributed by atoms with van der Waals surface area (Å²) in [5.74, 6) is 0. The molecule has 128 valence electrons. The third kappa shape index (κ3) is 11.0. The smallest absolute Gasteiger partial charge is 0.284 e. The van der Waals surface area contributed by atoms with Gasteiger partial charge in [-0.15, -0.1) is 6.58 Å². The lowest BCUT2D eigenvalue weighted by atomic mass is 10.2. The summed E-state index contributed by atoms with van der Waals surface area (Å²) in [6.07, 6.45) is 11.5. The summed E-state index contributed by atoms with van der Waals surface area (Å²) in [5.41, 5.74) is 0. The minimum Gasteiger partial charge on any atom is -0.284 e. The molecule has 0 bridgehead atoms. The molecule has 0 saturated carbocycles. The molecule has 0 N–H and O–H groups in total. The van der Waals surface area contributed by atoms with Crippen molar-refractivity contribution in [3.05, 3.63) is 37.0 Å². The molecule has 0 aromatic carbocycles. The molecule has 0 radical (unpaired) electrons. The largest absolute Gasteiger partial charge is 0.475 e. The topological polar surface area (TPSA) is 44.8 Å². The number of allylic oxidation sites excluding steroid dienone is 3. The number of rotatable bonds is 12. The molecule has 0 heterocycles. The van der Waals surface area contributed by atoms with Crippen LogP contribution < -0.4 is 0 Å². The minimum absolute atomic E-state index is 0.246. The van der Waals surface area contributed by atoms with Crippen molar-refractivity contribution in [3.8, 4) is 0 Å². The standard InChI is InChI=1S/C17H31O4P/c1-7-9-10-11-12-13-14-17(8-2)21-22(18,19-15(3)4)20-16(5)6/h8-10,12-13,15-17H,2,7,11,14H2,1,3-6H3/b10-9-,13-12-/t17-/m0/s1. The first-order chi connectivity index (χ1) is 10.3. The number of phosphoric acid groups is 1. The molecule has 0 unspecified atom stereocenters. The van der Waals surface area contributed by atoms with Crippen LogP contribution in [0.15, 0.2) is 37.0 Å². The van der Waals surface area contributed by atoms with Gasteiger partial charge in [0.15, 0.2) is 0 Å². The van der Waals surface area contributed by atoms with E-state index in [1.54, 1.807) is 33.8 Å². The SMILES string of the molecule is C=C[C@@H](C/C=C\C/C=C\CC)OP(=O)(OC(C)C)OC(C)C. The second kappa shape index (κ2) is 11.8. The Hall–Kier alpha value is -0.670. The molecule has 0 rings (SSSR count). The van der Waals surface area contributed by atoms with Crippen LogP contribution in [0.25, 0.3) is 0 Å². The van der Waals surface area contributed by atoms with Crippen molar-refractivity contribution in [2.45, 2.75) is 72.2 Å². The van der Waals surface area contributed by atoms with Crippen molar-refractivity contribution in [1.82, 2.24) is 0 Å². The van der Waals surface area contributed by atoms with Crippen molar-refractivity contribution in [3.63, 3.8) is 0 Å². The fourth-order valence-corrected chi connectivity index (χ4v) is 3.29. The molecule has 0 amide bonds. The molecule has 4 nitrogen and oxygen atoms in total. The third-order valence-corrected chi connectivity index (χ3v) is 4.31. The van der Waals surface area contributed by atoms with E-state index in [4.69, 9.17) is 13.6 Å². The molecule has 22 heavy (non-hydrogen) atoms. The number of hydrogen-bond acceptors (Lipinski definition) is 4. The predicted molar refractivity (Wildman–Crippen MR) is 92.9 cm³/mol. The van der Waals surface area contributed by atoms with Crippen LogP contribution in [-0.4, -0.2) is 18.3 Å². The third-order valence-electron chi connectivity index (χ3n) is 2.42. The number of phosphoric ester groups is 1. The highest BCUT2D eigenvalue weighted by atomic mass is 31.2. The van der Waals surface area contributed by atoms with Crippen LogP contribution in [0, 0.1) is 0 Å². The molecule has 0 aliphatic rings. The fraction of sp³-hybridized carbons (Fsp3) is 0.647. The molecule has 0 spiro atoms. The van der Waals surface area contributed by atoms with E-state index in [-0.39, 0.29) is 12.2 Å². The first kappa shape index (κ1) is 21.3. The highest BCUT2D eigenvalue weighted by molar-refractivity contribution is 7.48. The summed E-state index contributed by atoms with van der Waals surface area (Å²) in [6, 6.07) is 0. The van der Waals surface area contributed by atoms with Gasteiger partial charge >= 0.3 is 7.82 Å². The molecule has 0 aromatic rings. The first-order valence-corrected chi connectivity index (χ1v) is 9.36. The first-order valence-electron chi connectivity index (χ1n) is 7.90. The Morgan fingerprint density at radius 3 is 1.95 bits per heavy atom. The normalized spacial score (nSPS) is 14.5. The maximum Gasteiger partial charge on any atom is 0.475 e. The van der Waals surface area contributed by atoms with Gasteiger partial charge < -0.3 is 0 Å². The molecule has 0 aliphatic heterocycles.